The van der Waals surface area contributed by atoms with Crippen LogP contribution in [0, 0.1) is 0 Å². The van der Waals surface area contributed by atoms with Crippen molar-refractivity contribution in [2.75, 3.05) is 14.2 Å². The highest BCUT2D eigenvalue weighted by Crippen LogP contribution is 2.38. The van der Waals surface area contributed by atoms with Crippen molar-refractivity contribution < 1.29 is 22.6 Å². The fraction of sp³-hybridized carbons (Fsp3) is 0.417. The summed E-state index contributed by atoms with van der Waals surface area (Å²) in [7, 11) is 3.21. The van der Waals surface area contributed by atoms with Crippen LogP contribution in [0.5, 0.6) is 11.5 Å². The molecule has 1 fully saturated rings. The number of alkyl halides is 3. The molecule has 0 aliphatic heterocycles. The van der Waals surface area contributed by atoms with Crippen LogP contribution in [0.2, 0.25) is 0 Å². The van der Waals surface area contributed by atoms with E-state index in [4.69, 9.17) is 9.47 Å². The van der Waals surface area contributed by atoms with Crippen LogP contribution in [0.15, 0.2) is 47.6 Å². The molecule has 1 heterocycles. The number of nitrogens with zero attached hydrogens (tertiary/aromatic N) is 3. The topological polar surface area (TPSA) is 49.2 Å². The molecule has 3 aromatic rings. The second-order valence-electron chi connectivity index (χ2n) is 8.05. The van der Waals surface area contributed by atoms with Crippen molar-refractivity contribution in [1.82, 2.24) is 14.8 Å². The van der Waals surface area contributed by atoms with Crippen molar-refractivity contribution >= 4 is 11.8 Å². The third-order valence-electron chi connectivity index (χ3n) is 5.86. The van der Waals surface area contributed by atoms with E-state index >= 15 is 0 Å². The lowest BCUT2D eigenvalue weighted by Crippen LogP contribution is -2.15. The molecule has 0 bridgehead atoms. The first-order valence-corrected chi connectivity index (χ1v) is 11.8. The first-order valence-electron chi connectivity index (χ1n) is 10.9. The van der Waals surface area contributed by atoms with Gasteiger partial charge in [0.1, 0.15) is 11.5 Å². The van der Waals surface area contributed by atoms with Gasteiger partial charge in [0.15, 0.2) is 11.0 Å². The van der Waals surface area contributed by atoms with E-state index in [9.17, 15) is 13.2 Å². The highest BCUT2D eigenvalue weighted by Gasteiger charge is 2.30. The van der Waals surface area contributed by atoms with Crippen molar-refractivity contribution in [1.29, 1.82) is 0 Å². The van der Waals surface area contributed by atoms with Gasteiger partial charge in [0.25, 0.3) is 0 Å². The van der Waals surface area contributed by atoms with E-state index in [2.05, 4.69) is 14.8 Å². The third kappa shape index (κ3) is 5.46. The first-order chi connectivity index (χ1) is 15.9. The van der Waals surface area contributed by atoms with Crippen molar-refractivity contribution in [3.63, 3.8) is 0 Å². The van der Waals surface area contributed by atoms with Crippen LogP contribution < -0.4 is 9.47 Å². The number of aromatic nitrogens is 3. The normalized spacial score (nSPS) is 14.9. The standard InChI is InChI=1S/C24H26F3N3O2S/c1-31-20-12-17(13-21(14-20)32-2)22-28-29-23(30(22)19-6-4-3-5-7-19)33-15-16-8-10-18(11-9-16)24(25,26)27/h8-14,19H,3-7,15H2,1-2H3. The van der Waals surface area contributed by atoms with Crippen molar-refractivity contribution in [3.05, 3.63) is 53.6 Å². The van der Waals surface area contributed by atoms with Gasteiger partial charge in [-0.15, -0.1) is 10.2 Å². The summed E-state index contributed by atoms with van der Waals surface area (Å²) in [6.45, 7) is 0. The van der Waals surface area contributed by atoms with Gasteiger partial charge in [-0.05, 0) is 42.7 Å². The lowest BCUT2D eigenvalue weighted by atomic mass is 9.95. The molecule has 1 aliphatic carbocycles. The first kappa shape index (κ1) is 23.5. The fourth-order valence-corrected chi connectivity index (χ4v) is 5.08. The number of ether oxygens (including phenoxy) is 2. The summed E-state index contributed by atoms with van der Waals surface area (Å²) < 4.78 is 51.6. The zero-order valence-electron chi connectivity index (χ0n) is 18.6. The van der Waals surface area contributed by atoms with Crippen LogP contribution in [-0.2, 0) is 11.9 Å². The zero-order chi connectivity index (χ0) is 23.4. The van der Waals surface area contributed by atoms with E-state index < -0.39 is 11.7 Å². The van der Waals surface area contributed by atoms with E-state index in [-0.39, 0.29) is 6.04 Å². The summed E-state index contributed by atoms with van der Waals surface area (Å²) in [5, 5.41) is 9.73. The van der Waals surface area contributed by atoms with Crippen molar-refractivity contribution in [3.8, 4) is 22.9 Å². The molecular weight excluding hydrogens is 451 g/mol. The van der Waals surface area contributed by atoms with Crippen LogP contribution >= 0.6 is 11.8 Å². The number of hydrogen-bond donors (Lipinski definition) is 0. The Morgan fingerprint density at radius 3 is 2.15 bits per heavy atom. The summed E-state index contributed by atoms with van der Waals surface area (Å²) in [4.78, 5) is 0. The van der Waals surface area contributed by atoms with E-state index in [1.54, 1.807) is 14.2 Å². The summed E-state index contributed by atoms with van der Waals surface area (Å²) in [6, 6.07) is 11.2. The smallest absolute Gasteiger partial charge is 0.416 e. The van der Waals surface area contributed by atoms with Crippen LogP contribution in [0.1, 0.15) is 49.3 Å². The summed E-state index contributed by atoms with van der Waals surface area (Å²) in [5.41, 5.74) is 1.01. The number of halogens is 3. The molecule has 1 aromatic heterocycles. The Labute approximate surface area is 195 Å². The number of rotatable bonds is 7. The molecule has 0 radical (unpaired) electrons. The summed E-state index contributed by atoms with van der Waals surface area (Å²) in [5.74, 6) is 2.58. The Morgan fingerprint density at radius 2 is 1.58 bits per heavy atom. The van der Waals surface area contributed by atoms with Crippen LogP contribution in [0.3, 0.4) is 0 Å². The number of thioether (sulfide) groups is 1. The number of hydrogen-bond acceptors (Lipinski definition) is 5. The Bertz CT molecular complexity index is 1060. The van der Waals surface area contributed by atoms with Crippen molar-refractivity contribution in [2.24, 2.45) is 0 Å². The van der Waals surface area contributed by atoms with Gasteiger partial charge in [-0.1, -0.05) is 43.2 Å². The van der Waals surface area contributed by atoms with Gasteiger partial charge < -0.3 is 9.47 Å². The molecule has 0 spiro atoms. The van der Waals surface area contributed by atoms with Crippen molar-refractivity contribution in [2.45, 2.75) is 55.2 Å². The molecule has 4 rings (SSSR count). The molecule has 0 atom stereocenters. The highest BCUT2D eigenvalue weighted by molar-refractivity contribution is 7.98. The monoisotopic (exact) mass is 477 g/mol. The van der Waals surface area contributed by atoms with Crippen LogP contribution in [0.25, 0.3) is 11.4 Å². The zero-order valence-corrected chi connectivity index (χ0v) is 19.4. The Balaban J connectivity index is 1.64. The molecule has 176 valence electrons. The van der Waals surface area contributed by atoms with E-state index in [1.165, 1.54) is 30.3 Å². The van der Waals surface area contributed by atoms with E-state index in [1.807, 2.05) is 18.2 Å². The second-order valence-corrected chi connectivity index (χ2v) is 9.00. The SMILES string of the molecule is COc1cc(OC)cc(-c2nnc(SCc3ccc(C(F)(F)F)cc3)n2C2CCCCC2)c1. The average Bonchev–Trinajstić information content (AvgIpc) is 3.26. The fourth-order valence-electron chi connectivity index (χ4n) is 4.12. The van der Waals surface area contributed by atoms with Crippen LogP contribution in [-0.4, -0.2) is 29.0 Å². The summed E-state index contributed by atoms with van der Waals surface area (Å²) in [6.07, 6.45) is 1.26. The van der Waals surface area contributed by atoms with Gasteiger partial charge in [0.05, 0.1) is 19.8 Å². The maximum atomic E-state index is 12.9. The average molecular weight is 478 g/mol. The molecule has 1 saturated carbocycles. The van der Waals surface area contributed by atoms with Gasteiger partial charge in [-0.2, -0.15) is 13.2 Å². The van der Waals surface area contributed by atoms with Gasteiger partial charge in [-0.3, -0.25) is 4.57 Å². The minimum absolute atomic E-state index is 0.274. The minimum Gasteiger partial charge on any atom is -0.497 e. The summed E-state index contributed by atoms with van der Waals surface area (Å²) >= 11 is 1.49. The quantitative estimate of drug-likeness (QED) is 0.351. The van der Waals surface area contributed by atoms with E-state index in [0.717, 1.165) is 59.9 Å². The lowest BCUT2D eigenvalue weighted by Gasteiger charge is -2.25. The maximum absolute atomic E-state index is 12.9. The number of methoxy groups -OCH3 is 2. The van der Waals surface area contributed by atoms with Crippen LogP contribution in [0.4, 0.5) is 13.2 Å². The molecule has 0 amide bonds. The van der Waals surface area contributed by atoms with E-state index in [0.29, 0.717) is 17.3 Å². The molecule has 0 unspecified atom stereocenters. The van der Waals surface area contributed by atoms with Gasteiger partial charge in [-0.25, -0.2) is 0 Å². The predicted molar refractivity (Wildman–Crippen MR) is 122 cm³/mol. The Kier molecular flexibility index (Phi) is 7.17. The Hall–Kier alpha value is -2.68. The number of benzene rings is 2. The molecule has 1 aliphatic rings. The molecule has 33 heavy (non-hydrogen) atoms. The minimum atomic E-state index is -4.33. The van der Waals surface area contributed by atoms with Gasteiger partial charge in [0, 0.05) is 23.4 Å². The molecule has 0 N–H and O–H groups in total. The highest BCUT2D eigenvalue weighted by atomic mass is 32.2. The molecule has 9 heteroatoms. The van der Waals surface area contributed by atoms with Gasteiger partial charge in [0.2, 0.25) is 0 Å². The van der Waals surface area contributed by atoms with Gasteiger partial charge >= 0.3 is 6.18 Å². The second kappa shape index (κ2) is 10.1. The predicted octanol–water partition coefficient (Wildman–Crippen LogP) is 6.78. The molecule has 0 saturated heterocycles. The molecule has 5 nitrogen and oxygen atoms in total. The molecule has 2 aromatic carbocycles. The third-order valence-corrected chi connectivity index (χ3v) is 6.88. The largest absolute Gasteiger partial charge is 0.497 e. The Morgan fingerprint density at radius 1 is 0.939 bits per heavy atom. The lowest BCUT2D eigenvalue weighted by molar-refractivity contribution is -0.137. The maximum Gasteiger partial charge on any atom is 0.416 e. The molecular formula is C24H26F3N3O2S.